The van der Waals surface area contributed by atoms with E-state index in [1.54, 1.807) is 0 Å². The average molecular weight is 266 g/mol. The van der Waals surface area contributed by atoms with Crippen LogP contribution in [0.4, 0.5) is 0 Å². The predicted octanol–water partition coefficient (Wildman–Crippen LogP) is 3.44. The summed E-state index contributed by atoms with van der Waals surface area (Å²) in [6, 6.07) is 20.4. The molecule has 2 rings (SSSR count). The van der Waals surface area contributed by atoms with E-state index in [0.717, 1.165) is 12.3 Å². The Kier molecular flexibility index (Phi) is 5.16. The van der Waals surface area contributed by atoms with Gasteiger partial charge in [-0.15, -0.1) is 0 Å². The van der Waals surface area contributed by atoms with Crippen molar-refractivity contribution in [2.24, 2.45) is 0 Å². The molecule has 0 radical (unpaired) electrons. The maximum absolute atomic E-state index is 8.45. The van der Waals surface area contributed by atoms with Gasteiger partial charge in [0, 0.05) is 12.6 Å². The fourth-order valence-corrected chi connectivity index (χ4v) is 1.95. The lowest BCUT2D eigenvalue weighted by Gasteiger charge is -2.14. The van der Waals surface area contributed by atoms with Gasteiger partial charge in [-0.2, -0.15) is 5.26 Å². The minimum atomic E-state index is 0.0860. The molecule has 0 saturated carbocycles. The molecule has 0 aromatic heterocycles. The van der Waals surface area contributed by atoms with E-state index in [9.17, 15) is 0 Å². The molecule has 102 valence electrons. The molecule has 0 saturated heterocycles. The van der Waals surface area contributed by atoms with Gasteiger partial charge in [-0.1, -0.05) is 42.5 Å². The monoisotopic (exact) mass is 266 g/mol. The predicted molar refractivity (Wildman–Crippen MR) is 79.2 cm³/mol. The van der Waals surface area contributed by atoms with Gasteiger partial charge in [0.05, 0.1) is 0 Å². The Bertz CT molecular complexity index is 558. The van der Waals surface area contributed by atoms with Crippen LogP contribution in [0.15, 0.2) is 54.6 Å². The van der Waals surface area contributed by atoms with Gasteiger partial charge in [0.2, 0.25) is 0 Å². The van der Waals surface area contributed by atoms with E-state index in [2.05, 4.69) is 36.5 Å². The van der Waals surface area contributed by atoms with Crippen LogP contribution in [0, 0.1) is 11.3 Å². The molecule has 20 heavy (non-hydrogen) atoms. The van der Waals surface area contributed by atoms with Gasteiger partial charge >= 0.3 is 0 Å². The zero-order valence-electron chi connectivity index (χ0n) is 11.5. The van der Waals surface area contributed by atoms with E-state index in [1.807, 2.05) is 36.4 Å². The van der Waals surface area contributed by atoms with E-state index in [0.29, 0.717) is 6.04 Å². The Balaban J connectivity index is 1.86. The highest BCUT2D eigenvalue weighted by Crippen LogP contribution is 2.15. The molecule has 0 aliphatic carbocycles. The minimum Gasteiger partial charge on any atom is -0.479 e. The molecule has 0 spiro atoms. The number of ether oxygens (including phenoxy) is 1. The van der Waals surface area contributed by atoms with Crippen LogP contribution in [0.1, 0.15) is 24.1 Å². The highest BCUT2D eigenvalue weighted by atomic mass is 16.5. The van der Waals surface area contributed by atoms with Crippen molar-refractivity contribution in [3.05, 3.63) is 65.7 Å². The summed E-state index contributed by atoms with van der Waals surface area (Å²) in [7, 11) is 0. The second kappa shape index (κ2) is 7.32. The number of nitrogens with one attached hydrogen (secondary N) is 1. The van der Waals surface area contributed by atoms with Crippen LogP contribution in [-0.2, 0) is 6.54 Å². The van der Waals surface area contributed by atoms with E-state index >= 15 is 0 Å². The number of benzene rings is 2. The Morgan fingerprint density at radius 3 is 2.45 bits per heavy atom. The molecule has 0 amide bonds. The molecule has 3 heteroatoms. The molecule has 1 N–H and O–H groups in total. The lowest BCUT2D eigenvalue weighted by molar-refractivity contribution is 0.368. The first-order valence-electron chi connectivity index (χ1n) is 6.66. The standard InChI is InChI=1S/C17H18N2O/c1-14(16-5-3-2-4-6-16)19-13-15-7-9-17(10-8-15)20-12-11-18/h2-10,14,19H,12-13H2,1H3. The van der Waals surface area contributed by atoms with Gasteiger partial charge in [-0.3, -0.25) is 0 Å². The topological polar surface area (TPSA) is 45.0 Å². The smallest absolute Gasteiger partial charge is 0.174 e. The van der Waals surface area contributed by atoms with Crippen LogP contribution in [0.3, 0.4) is 0 Å². The average Bonchev–Trinajstić information content (AvgIpc) is 2.52. The Morgan fingerprint density at radius 2 is 1.80 bits per heavy atom. The van der Waals surface area contributed by atoms with Gasteiger partial charge in [0.25, 0.3) is 0 Å². The molecule has 0 bridgehead atoms. The molecular formula is C17H18N2O. The zero-order chi connectivity index (χ0) is 14.2. The first kappa shape index (κ1) is 14.1. The van der Waals surface area contributed by atoms with Gasteiger partial charge in [0.1, 0.15) is 11.8 Å². The molecule has 3 nitrogen and oxygen atoms in total. The van der Waals surface area contributed by atoms with Crippen molar-refractivity contribution in [2.75, 3.05) is 6.61 Å². The summed E-state index contributed by atoms with van der Waals surface area (Å²) in [6.45, 7) is 3.04. The molecule has 2 aromatic rings. The van der Waals surface area contributed by atoms with E-state index in [1.165, 1.54) is 11.1 Å². The molecule has 2 aromatic carbocycles. The number of hydrogen-bond acceptors (Lipinski definition) is 3. The van der Waals surface area contributed by atoms with E-state index in [4.69, 9.17) is 10.00 Å². The zero-order valence-corrected chi connectivity index (χ0v) is 11.5. The van der Waals surface area contributed by atoms with Crippen molar-refractivity contribution < 1.29 is 4.74 Å². The molecule has 1 atom stereocenters. The summed E-state index contributed by atoms with van der Waals surface area (Å²) in [5.41, 5.74) is 2.47. The normalized spacial score (nSPS) is 11.6. The highest BCUT2D eigenvalue weighted by molar-refractivity contribution is 5.27. The van der Waals surface area contributed by atoms with Crippen LogP contribution in [0.2, 0.25) is 0 Å². The molecule has 0 fully saturated rings. The maximum atomic E-state index is 8.45. The molecule has 0 aliphatic rings. The van der Waals surface area contributed by atoms with Crippen LogP contribution >= 0.6 is 0 Å². The molecular weight excluding hydrogens is 248 g/mol. The van der Waals surface area contributed by atoms with E-state index in [-0.39, 0.29) is 6.61 Å². The summed E-state index contributed by atoms with van der Waals surface area (Å²) in [4.78, 5) is 0. The first-order chi connectivity index (χ1) is 9.79. The van der Waals surface area contributed by atoms with Crippen LogP contribution < -0.4 is 10.1 Å². The molecule has 0 heterocycles. The fourth-order valence-electron chi connectivity index (χ4n) is 1.95. The third kappa shape index (κ3) is 4.11. The third-order valence-corrected chi connectivity index (χ3v) is 3.14. The maximum Gasteiger partial charge on any atom is 0.174 e. The lowest BCUT2D eigenvalue weighted by Crippen LogP contribution is -2.17. The summed E-state index contributed by atoms with van der Waals surface area (Å²) in [5, 5.41) is 11.9. The minimum absolute atomic E-state index is 0.0860. The lowest BCUT2D eigenvalue weighted by atomic mass is 10.1. The van der Waals surface area contributed by atoms with Crippen molar-refractivity contribution in [2.45, 2.75) is 19.5 Å². The van der Waals surface area contributed by atoms with Gasteiger partial charge in [0.15, 0.2) is 6.61 Å². The second-order valence-corrected chi connectivity index (χ2v) is 4.60. The Morgan fingerprint density at radius 1 is 1.10 bits per heavy atom. The van der Waals surface area contributed by atoms with Crippen molar-refractivity contribution in [1.29, 1.82) is 5.26 Å². The van der Waals surface area contributed by atoms with Crippen molar-refractivity contribution in [3.63, 3.8) is 0 Å². The van der Waals surface area contributed by atoms with Crippen LogP contribution in [0.5, 0.6) is 5.75 Å². The molecule has 0 aliphatic heterocycles. The summed E-state index contributed by atoms with van der Waals surface area (Å²) in [5.74, 6) is 0.728. The summed E-state index contributed by atoms with van der Waals surface area (Å²) >= 11 is 0. The van der Waals surface area contributed by atoms with Gasteiger partial charge in [-0.05, 0) is 30.2 Å². The summed E-state index contributed by atoms with van der Waals surface area (Å²) < 4.78 is 5.22. The quantitative estimate of drug-likeness (QED) is 0.871. The van der Waals surface area contributed by atoms with Crippen LogP contribution in [-0.4, -0.2) is 6.61 Å². The summed E-state index contributed by atoms with van der Waals surface area (Å²) in [6.07, 6.45) is 0. The van der Waals surface area contributed by atoms with Crippen molar-refractivity contribution in [1.82, 2.24) is 5.32 Å². The largest absolute Gasteiger partial charge is 0.479 e. The fraction of sp³-hybridized carbons (Fsp3) is 0.235. The second-order valence-electron chi connectivity index (χ2n) is 4.60. The van der Waals surface area contributed by atoms with Gasteiger partial charge < -0.3 is 10.1 Å². The van der Waals surface area contributed by atoms with Crippen molar-refractivity contribution >= 4 is 0 Å². The highest BCUT2D eigenvalue weighted by Gasteiger charge is 2.03. The number of hydrogen-bond donors (Lipinski definition) is 1. The SMILES string of the molecule is CC(NCc1ccc(OCC#N)cc1)c1ccccc1. The first-order valence-corrected chi connectivity index (χ1v) is 6.66. The molecule has 1 unspecified atom stereocenters. The third-order valence-electron chi connectivity index (χ3n) is 3.14. The number of rotatable bonds is 6. The van der Waals surface area contributed by atoms with Crippen LogP contribution in [0.25, 0.3) is 0 Å². The Labute approximate surface area is 119 Å². The Hall–Kier alpha value is -2.31. The van der Waals surface area contributed by atoms with Gasteiger partial charge in [-0.25, -0.2) is 0 Å². The van der Waals surface area contributed by atoms with E-state index < -0.39 is 0 Å². The number of nitrogens with zero attached hydrogens (tertiary/aromatic N) is 1. The van der Waals surface area contributed by atoms with Crippen molar-refractivity contribution in [3.8, 4) is 11.8 Å². The number of nitriles is 1.